The van der Waals surface area contributed by atoms with Crippen molar-refractivity contribution >= 4 is 18.3 Å². The number of hydrogen-bond acceptors (Lipinski definition) is 5. The average molecular weight is 381 g/mol. The summed E-state index contributed by atoms with van der Waals surface area (Å²) in [5.41, 5.74) is 0.759. The van der Waals surface area contributed by atoms with Gasteiger partial charge < -0.3 is 10.2 Å². The highest BCUT2D eigenvalue weighted by Gasteiger charge is 2.40. The molecule has 2 fully saturated rings. The Morgan fingerprint density at radius 1 is 1.35 bits per heavy atom. The molecule has 0 saturated carbocycles. The first-order valence-electron chi connectivity index (χ1n) is 8.60. The van der Waals surface area contributed by atoms with Gasteiger partial charge in [0.05, 0.1) is 0 Å². The number of halogens is 2. The van der Waals surface area contributed by atoms with E-state index in [-0.39, 0.29) is 24.1 Å². The van der Waals surface area contributed by atoms with E-state index in [0.29, 0.717) is 24.1 Å². The molecule has 3 heterocycles. The number of benzene rings is 1. The van der Waals surface area contributed by atoms with Crippen molar-refractivity contribution in [3.05, 3.63) is 41.5 Å². The first-order chi connectivity index (χ1) is 12.1. The number of tetrazole rings is 1. The number of carbonyl (C=O) groups excluding carboxylic acids is 1. The quantitative estimate of drug-likeness (QED) is 0.856. The van der Waals surface area contributed by atoms with Gasteiger partial charge in [0.2, 0.25) is 5.91 Å². The maximum absolute atomic E-state index is 13.5. The fourth-order valence-electron chi connectivity index (χ4n) is 3.94. The van der Waals surface area contributed by atoms with Gasteiger partial charge >= 0.3 is 0 Å². The molecule has 2 saturated heterocycles. The Kier molecular flexibility index (Phi) is 5.52. The largest absolute Gasteiger partial charge is 0.340 e. The second kappa shape index (κ2) is 7.67. The minimum absolute atomic E-state index is 0. The number of likely N-dealkylation sites (tertiary alicyclic amines) is 1. The molecule has 0 spiro atoms. The van der Waals surface area contributed by atoms with Crippen LogP contribution in [0.4, 0.5) is 4.39 Å². The van der Waals surface area contributed by atoms with E-state index in [1.165, 1.54) is 12.1 Å². The predicted molar refractivity (Wildman–Crippen MR) is 95.4 cm³/mol. The monoisotopic (exact) mass is 380 g/mol. The molecule has 2 aromatic rings. The van der Waals surface area contributed by atoms with E-state index in [1.807, 2.05) is 11.0 Å². The van der Waals surface area contributed by atoms with Crippen LogP contribution in [0.1, 0.15) is 17.4 Å². The van der Waals surface area contributed by atoms with Gasteiger partial charge in [-0.25, -0.2) is 9.07 Å². The van der Waals surface area contributed by atoms with Gasteiger partial charge in [0.25, 0.3) is 0 Å². The lowest BCUT2D eigenvalue weighted by molar-refractivity contribution is -0.134. The molecular formula is C17H22ClFN6O. The minimum atomic E-state index is -0.552. The molecule has 0 radical (unpaired) electrons. The van der Waals surface area contributed by atoms with Crippen molar-refractivity contribution in [3.8, 4) is 0 Å². The lowest BCUT2D eigenvalue weighted by Gasteiger charge is -2.24. The summed E-state index contributed by atoms with van der Waals surface area (Å²) in [7, 11) is 0. The normalized spacial score (nSPS) is 22.8. The smallest absolute Gasteiger partial charge is 0.247 e. The Balaban J connectivity index is 0.00000196. The van der Waals surface area contributed by atoms with Crippen molar-refractivity contribution in [3.63, 3.8) is 0 Å². The van der Waals surface area contributed by atoms with Crippen LogP contribution in [0.2, 0.25) is 0 Å². The van der Waals surface area contributed by atoms with Crippen LogP contribution < -0.4 is 5.32 Å². The van der Waals surface area contributed by atoms with Crippen LogP contribution in [-0.2, 0) is 11.2 Å². The lowest BCUT2D eigenvalue weighted by atomic mass is 10.0. The van der Waals surface area contributed by atoms with Gasteiger partial charge in [-0.1, -0.05) is 12.1 Å². The summed E-state index contributed by atoms with van der Waals surface area (Å²) in [5, 5.41) is 15.0. The fourth-order valence-corrected chi connectivity index (χ4v) is 3.94. The molecular weight excluding hydrogens is 359 g/mol. The van der Waals surface area contributed by atoms with E-state index >= 15 is 0 Å². The molecule has 0 bridgehead atoms. The summed E-state index contributed by atoms with van der Waals surface area (Å²) in [6.07, 6.45) is 0.368. The zero-order valence-corrected chi connectivity index (χ0v) is 15.3. The summed E-state index contributed by atoms with van der Waals surface area (Å²) in [4.78, 5) is 15.1. The first-order valence-corrected chi connectivity index (χ1v) is 8.60. The number of amides is 1. The number of nitrogens with one attached hydrogen (secondary N) is 1. The van der Waals surface area contributed by atoms with Gasteiger partial charge in [0.15, 0.2) is 0 Å². The third kappa shape index (κ3) is 3.57. The number of hydrogen-bond donors (Lipinski definition) is 1. The molecule has 9 heteroatoms. The van der Waals surface area contributed by atoms with Crippen LogP contribution in [0.15, 0.2) is 24.3 Å². The Bertz CT molecular complexity index is 772. The van der Waals surface area contributed by atoms with E-state index in [9.17, 15) is 9.18 Å². The Morgan fingerprint density at radius 3 is 2.69 bits per heavy atom. The fraction of sp³-hybridized carbons (Fsp3) is 0.529. The molecule has 1 N–H and O–H groups in total. The second-order valence-electron chi connectivity index (χ2n) is 6.94. The highest BCUT2D eigenvalue weighted by molar-refractivity contribution is 5.85. The third-order valence-electron chi connectivity index (χ3n) is 5.26. The molecule has 7 nitrogen and oxygen atoms in total. The zero-order chi connectivity index (χ0) is 17.4. The maximum atomic E-state index is 13.5. The van der Waals surface area contributed by atoms with E-state index in [2.05, 4.69) is 20.8 Å². The third-order valence-corrected chi connectivity index (χ3v) is 5.26. The highest BCUT2D eigenvalue weighted by Crippen LogP contribution is 2.29. The van der Waals surface area contributed by atoms with Crippen LogP contribution in [-0.4, -0.2) is 57.2 Å². The van der Waals surface area contributed by atoms with Gasteiger partial charge in [-0.05, 0) is 46.9 Å². The molecule has 1 unspecified atom stereocenters. The van der Waals surface area contributed by atoms with Crippen LogP contribution in [0, 0.1) is 24.6 Å². The SMILES string of the molecule is Cc1nnnn1C(Cc1cccc(F)c1)C(=O)N1C[C@H]2CNC[C@H]2C1.Cl. The number of fused-ring (bicyclic) bond motifs is 1. The maximum Gasteiger partial charge on any atom is 0.247 e. The number of aryl methyl sites for hydroxylation is 1. The Labute approximate surface area is 157 Å². The topological polar surface area (TPSA) is 75.9 Å². The number of aromatic nitrogens is 4. The summed E-state index contributed by atoms with van der Waals surface area (Å²) in [6, 6.07) is 5.79. The molecule has 1 aromatic carbocycles. The van der Waals surface area contributed by atoms with Crippen LogP contribution >= 0.6 is 12.4 Å². The summed E-state index contributed by atoms with van der Waals surface area (Å²) < 4.78 is 15.1. The summed E-state index contributed by atoms with van der Waals surface area (Å²) in [6.45, 7) is 5.23. The Morgan fingerprint density at radius 2 is 2.08 bits per heavy atom. The lowest BCUT2D eigenvalue weighted by Crippen LogP contribution is -2.39. The van der Waals surface area contributed by atoms with Crippen molar-refractivity contribution in [2.45, 2.75) is 19.4 Å². The molecule has 4 rings (SSSR count). The molecule has 1 aromatic heterocycles. The molecule has 140 valence electrons. The molecule has 1 amide bonds. The summed E-state index contributed by atoms with van der Waals surface area (Å²) >= 11 is 0. The van der Waals surface area contributed by atoms with Gasteiger partial charge in [0, 0.05) is 32.6 Å². The summed E-state index contributed by atoms with van der Waals surface area (Å²) in [5.74, 6) is 1.33. The number of rotatable bonds is 4. The number of nitrogens with zero attached hydrogens (tertiary/aromatic N) is 5. The molecule has 0 aliphatic carbocycles. The molecule has 3 atom stereocenters. The number of carbonyl (C=O) groups is 1. The van der Waals surface area contributed by atoms with Gasteiger partial charge in [-0.2, -0.15) is 0 Å². The van der Waals surface area contributed by atoms with Crippen LogP contribution in [0.5, 0.6) is 0 Å². The van der Waals surface area contributed by atoms with Crippen molar-refractivity contribution in [1.82, 2.24) is 30.4 Å². The molecule has 26 heavy (non-hydrogen) atoms. The van der Waals surface area contributed by atoms with E-state index in [4.69, 9.17) is 0 Å². The van der Waals surface area contributed by atoms with E-state index in [0.717, 1.165) is 31.7 Å². The van der Waals surface area contributed by atoms with Crippen LogP contribution in [0.3, 0.4) is 0 Å². The average Bonchev–Trinajstić information content (AvgIpc) is 3.28. The van der Waals surface area contributed by atoms with Crippen molar-refractivity contribution < 1.29 is 9.18 Å². The van der Waals surface area contributed by atoms with Crippen LogP contribution in [0.25, 0.3) is 0 Å². The standard InChI is InChI=1S/C17H21FN6O.ClH/c1-11-20-21-22-24(11)16(6-12-3-2-4-15(18)5-12)17(25)23-9-13-7-19-8-14(13)10-23;/h2-5,13-14,16,19H,6-10H2,1H3;1H/t13-,14+,16?;. The van der Waals surface area contributed by atoms with Gasteiger partial charge in [-0.15, -0.1) is 17.5 Å². The van der Waals surface area contributed by atoms with E-state index in [1.54, 1.807) is 17.7 Å². The highest BCUT2D eigenvalue weighted by atomic mass is 35.5. The molecule has 2 aliphatic rings. The van der Waals surface area contributed by atoms with Crippen molar-refractivity contribution in [1.29, 1.82) is 0 Å². The zero-order valence-electron chi connectivity index (χ0n) is 14.5. The van der Waals surface area contributed by atoms with E-state index < -0.39 is 6.04 Å². The van der Waals surface area contributed by atoms with Gasteiger partial charge in [-0.3, -0.25) is 4.79 Å². The van der Waals surface area contributed by atoms with Crippen molar-refractivity contribution in [2.24, 2.45) is 11.8 Å². The van der Waals surface area contributed by atoms with Gasteiger partial charge in [0.1, 0.15) is 17.7 Å². The van der Waals surface area contributed by atoms with Crippen molar-refractivity contribution in [2.75, 3.05) is 26.2 Å². The second-order valence-corrected chi connectivity index (χ2v) is 6.94. The predicted octanol–water partition coefficient (Wildman–Crippen LogP) is 1.00. The Hall–Kier alpha value is -2.06. The minimum Gasteiger partial charge on any atom is -0.340 e. The molecule has 2 aliphatic heterocycles. The first kappa shape index (κ1) is 18.7.